The Morgan fingerprint density at radius 1 is 1.10 bits per heavy atom. The molecule has 1 aromatic carbocycles. The van der Waals surface area contributed by atoms with Gasteiger partial charge in [-0.1, -0.05) is 23.2 Å². The van der Waals surface area contributed by atoms with Gasteiger partial charge in [0.25, 0.3) is 0 Å². The number of benzene rings is 1. The molecule has 0 N–H and O–H groups in total. The van der Waals surface area contributed by atoms with Crippen molar-refractivity contribution >= 4 is 35.8 Å². The van der Waals surface area contributed by atoms with Crippen molar-refractivity contribution < 1.29 is 18.8 Å². The first kappa shape index (κ1) is 16.9. The molecule has 1 saturated heterocycles. The highest BCUT2D eigenvalue weighted by molar-refractivity contribution is 6.67. The number of hydrogen-bond acceptors (Lipinski definition) is 4. The van der Waals surface area contributed by atoms with Gasteiger partial charge < -0.3 is 18.8 Å². The zero-order chi connectivity index (χ0) is 15.8. The van der Waals surface area contributed by atoms with Crippen LogP contribution in [0.5, 0.6) is 5.75 Å². The molecule has 0 bridgehead atoms. The monoisotopic (exact) mass is 332 g/mol. The van der Waals surface area contributed by atoms with Crippen molar-refractivity contribution in [2.75, 3.05) is 13.9 Å². The van der Waals surface area contributed by atoms with Gasteiger partial charge in [-0.05, 0) is 39.8 Å². The van der Waals surface area contributed by atoms with Crippen LogP contribution in [0.3, 0.4) is 0 Å². The number of rotatable bonds is 4. The highest BCUT2D eigenvalue weighted by Crippen LogP contribution is 2.38. The van der Waals surface area contributed by atoms with Gasteiger partial charge in [-0.2, -0.15) is 0 Å². The molecule has 0 atom stereocenters. The quantitative estimate of drug-likeness (QED) is 0.626. The van der Waals surface area contributed by atoms with Crippen LogP contribution in [0.15, 0.2) is 12.1 Å². The van der Waals surface area contributed by atoms with Crippen LogP contribution in [-0.2, 0) is 14.0 Å². The highest BCUT2D eigenvalue weighted by Gasteiger charge is 2.53. The maximum absolute atomic E-state index is 6.31. The third-order valence-corrected chi connectivity index (χ3v) is 4.41. The first-order chi connectivity index (χ1) is 9.68. The van der Waals surface area contributed by atoms with Gasteiger partial charge in [-0.15, -0.1) is 0 Å². The molecular formula is C14H19BCl2O4. The summed E-state index contributed by atoms with van der Waals surface area (Å²) in [5.74, 6) is 0.493. The van der Waals surface area contributed by atoms with Crippen LogP contribution in [-0.4, -0.2) is 32.2 Å². The summed E-state index contributed by atoms with van der Waals surface area (Å²) >= 11 is 12.3. The average molecular weight is 333 g/mol. The van der Waals surface area contributed by atoms with Gasteiger partial charge >= 0.3 is 7.12 Å². The van der Waals surface area contributed by atoms with Crippen molar-refractivity contribution in [2.24, 2.45) is 0 Å². The Balaban J connectivity index is 2.40. The molecule has 0 amide bonds. The van der Waals surface area contributed by atoms with Gasteiger partial charge in [0.15, 0.2) is 6.79 Å². The predicted octanol–water partition coefficient (Wildman–Crippen LogP) is 3.28. The van der Waals surface area contributed by atoms with E-state index in [4.69, 9.17) is 42.0 Å². The zero-order valence-electron chi connectivity index (χ0n) is 12.8. The van der Waals surface area contributed by atoms with Crippen LogP contribution in [0, 0.1) is 0 Å². The van der Waals surface area contributed by atoms with Gasteiger partial charge in [-0.25, -0.2) is 0 Å². The smallest absolute Gasteiger partial charge is 0.468 e. The van der Waals surface area contributed by atoms with Gasteiger partial charge in [0, 0.05) is 22.6 Å². The molecule has 0 saturated carbocycles. The molecule has 1 heterocycles. The maximum Gasteiger partial charge on any atom is 0.500 e. The van der Waals surface area contributed by atoms with E-state index >= 15 is 0 Å². The molecule has 0 aromatic heterocycles. The molecule has 0 radical (unpaired) electrons. The van der Waals surface area contributed by atoms with Crippen molar-refractivity contribution in [3.8, 4) is 5.75 Å². The van der Waals surface area contributed by atoms with E-state index in [1.165, 1.54) is 0 Å². The van der Waals surface area contributed by atoms with E-state index in [0.29, 0.717) is 21.3 Å². The van der Waals surface area contributed by atoms with Crippen LogP contribution in [0.25, 0.3) is 0 Å². The summed E-state index contributed by atoms with van der Waals surface area (Å²) in [6.07, 6.45) is 0. The molecule has 1 aliphatic heterocycles. The van der Waals surface area contributed by atoms with Crippen LogP contribution < -0.4 is 10.2 Å². The first-order valence-electron chi connectivity index (χ1n) is 6.64. The Morgan fingerprint density at radius 3 is 2.19 bits per heavy atom. The zero-order valence-corrected chi connectivity index (χ0v) is 14.3. The molecule has 1 aliphatic rings. The Morgan fingerprint density at radius 2 is 1.67 bits per heavy atom. The predicted molar refractivity (Wildman–Crippen MR) is 84.7 cm³/mol. The van der Waals surface area contributed by atoms with E-state index < -0.39 is 18.3 Å². The molecule has 1 aromatic rings. The van der Waals surface area contributed by atoms with Gasteiger partial charge in [0.2, 0.25) is 0 Å². The van der Waals surface area contributed by atoms with Gasteiger partial charge in [-0.3, -0.25) is 0 Å². The van der Waals surface area contributed by atoms with Gasteiger partial charge in [0.1, 0.15) is 5.75 Å². The Kier molecular flexibility index (Phi) is 4.81. The van der Waals surface area contributed by atoms with E-state index in [2.05, 4.69) is 0 Å². The third kappa shape index (κ3) is 3.32. The van der Waals surface area contributed by atoms with Crippen molar-refractivity contribution in [2.45, 2.75) is 38.9 Å². The number of hydrogen-bond donors (Lipinski definition) is 0. The molecule has 0 aliphatic carbocycles. The lowest BCUT2D eigenvalue weighted by Gasteiger charge is -2.32. The molecule has 1 fully saturated rings. The fourth-order valence-corrected chi connectivity index (χ4v) is 2.56. The van der Waals surface area contributed by atoms with Gasteiger partial charge in [0.05, 0.1) is 11.2 Å². The summed E-state index contributed by atoms with van der Waals surface area (Å²) in [5, 5.41) is 0.915. The second-order valence-corrected chi connectivity index (χ2v) is 6.78. The second kappa shape index (κ2) is 5.97. The third-order valence-electron chi connectivity index (χ3n) is 3.88. The summed E-state index contributed by atoms with van der Waals surface area (Å²) in [6, 6.07) is 3.32. The Labute approximate surface area is 135 Å². The minimum atomic E-state index is -0.619. The van der Waals surface area contributed by atoms with Crippen LogP contribution in [0.2, 0.25) is 10.0 Å². The molecule has 21 heavy (non-hydrogen) atoms. The lowest BCUT2D eigenvalue weighted by Crippen LogP contribution is -2.41. The summed E-state index contributed by atoms with van der Waals surface area (Å²) < 4.78 is 22.5. The molecular weight excluding hydrogens is 314 g/mol. The van der Waals surface area contributed by atoms with E-state index in [0.717, 1.165) is 0 Å². The van der Waals surface area contributed by atoms with E-state index in [1.807, 2.05) is 27.7 Å². The molecule has 116 valence electrons. The SMILES string of the molecule is COCOc1cc(Cl)cc(Cl)c1B1OC(C)(C)C(C)(C)O1. The molecule has 0 unspecified atom stereocenters. The molecule has 0 spiro atoms. The van der Waals surface area contributed by atoms with E-state index in [9.17, 15) is 0 Å². The summed E-state index contributed by atoms with van der Waals surface area (Å²) in [4.78, 5) is 0. The summed E-state index contributed by atoms with van der Waals surface area (Å²) in [6.45, 7) is 8.00. The molecule has 4 nitrogen and oxygen atoms in total. The van der Waals surface area contributed by atoms with E-state index in [-0.39, 0.29) is 6.79 Å². The standard InChI is InChI=1S/C14H19BCl2O4/c1-13(2)14(3,4)21-15(20-13)12-10(17)6-9(16)7-11(12)19-8-18-5/h6-7H,8H2,1-5H3. The van der Waals surface area contributed by atoms with Crippen LogP contribution in [0.1, 0.15) is 27.7 Å². The van der Waals surface area contributed by atoms with Crippen molar-refractivity contribution in [3.05, 3.63) is 22.2 Å². The lowest BCUT2D eigenvalue weighted by atomic mass is 9.78. The van der Waals surface area contributed by atoms with E-state index in [1.54, 1.807) is 19.2 Å². The van der Waals surface area contributed by atoms with Crippen LogP contribution >= 0.6 is 23.2 Å². The minimum Gasteiger partial charge on any atom is -0.468 e. The largest absolute Gasteiger partial charge is 0.500 e. The van der Waals surface area contributed by atoms with Crippen molar-refractivity contribution in [3.63, 3.8) is 0 Å². The Bertz CT molecular complexity index is 518. The number of halogens is 2. The average Bonchev–Trinajstić information content (AvgIpc) is 2.54. The second-order valence-electron chi connectivity index (χ2n) is 5.94. The fourth-order valence-electron chi connectivity index (χ4n) is 1.99. The minimum absolute atomic E-state index is 0.0865. The summed E-state index contributed by atoms with van der Waals surface area (Å²) in [5.41, 5.74) is -0.296. The lowest BCUT2D eigenvalue weighted by molar-refractivity contribution is 0.00578. The maximum atomic E-state index is 6.31. The Hall–Kier alpha value is -0.455. The summed E-state index contributed by atoms with van der Waals surface area (Å²) in [7, 11) is 0.923. The topological polar surface area (TPSA) is 36.9 Å². The number of ether oxygens (including phenoxy) is 2. The highest BCUT2D eigenvalue weighted by atomic mass is 35.5. The number of methoxy groups -OCH3 is 1. The van der Waals surface area contributed by atoms with Crippen LogP contribution in [0.4, 0.5) is 0 Å². The first-order valence-corrected chi connectivity index (χ1v) is 7.40. The molecule has 7 heteroatoms. The van der Waals surface area contributed by atoms with Crippen molar-refractivity contribution in [1.82, 2.24) is 0 Å². The molecule has 2 rings (SSSR count). The normalized spacial score (nSPS) is 19.9. The van der Waals surface area contributed by atoms with Crippen molar-refractivity contribution in [1.29, 1.82) is 0 Å². The fraction of sp³-hybridized carbons (Fsp3) is 0.571.